The van der Waals surface area contributed by atoms with Crippen LogP contribution in [0.25, 0.3) is 0 Å². The lowest BCUT2D eigenvalue weighted by atomic mass is 10.1. The first-order valence-electron chi connectivity index (χ1n) is 10.1. The molecule has 2 aliphatic rings. The molecule has 1 aromatic carbocycles. The van der Waals surface area contributed by atoms with Gasteiger partial charge >= 0.3 is 0 Å². The van der Waals surface area contributed by atoms with E-state index in [1.807, 2.05) is 38.2 Å². The van der Waals surface area contributed by atoms with Crippen LogP contribution in [0.2, 0.25) is 0 Å². The molecule has 0 radical (unpaired) electrons. The van der Waals surface area contributed by atoms with E-state index in [1.165, 1.54) is 12.8 Å². The maximum absolute atomic E-state index is 5.64. The summed E-state index contributed by atoms with van der Waals surface area (Å²) in [6.45, 7) is 6.73. The second-order valence-electron chi connectivity index (χ2n) is 7.43. The quantitative estimate of drug-likeness (QED) is 0.466. The van der Waals surface area contributed by atoms with Gasteiger partial charge in [0.25, 0.3) is 0 Å². The highest BCUT2D eigenvalue weighted by Crippen LogP contribution is 2.37. The summed E-state index contributed by atoms with van der Waals surface area (Å²) < 4.78 is 12.0. The van der Waals surface area contributed by atoms with Gasteiger partial charge in [-0.1, -0.05) is 12.6 Å². The molecule has 0 amide bonds. The van der Waals surface area contributed by atoms with Crippen molar-refractivity contribution in [3.05, 3.63) is 58.5 Å². The molecular weight excluding hydrogens is 446 g/mol. The predicted octanol–water partition coefficient (Wildman–Crippen LogP) is 4.45. The fourth-order valence-corrected chi connectivity index (χ4v) is 3.48. The number of hydrogen-bond acceptors (Lipinski definition) is 7. The van der Waals surface area contributed by atoms with E-state index in [-0.39, 0.29) is 6.29 Å². The van der Waals surface area contributed by atoms with E-state index in [0.717, 1.165) is 39.4 Å². The van der Waals surface area contributed by atoms with E-state index in [9.17, 15) is 0 Å². The topological polar surface area (TPSA) is 80.3 Å². The van der Waals surface area contributed by atoms with Crippen LogP contribution in [0.1, 0.15) is 25.3 Å². The molecule has 30 heavy (non-hydrogen) atoms. The highest BCUT2D eigenvalue weighted by atomic mass is 79.9. The van der Waals surface area contributed by atoms with Crippen LogP contribution in [-0.2, 0) is 6.42 Å². The van der Waals surface area contributed by atoms with Gasteiger partial charge in [0.05, 0.1) is 4.47 Å². The Bertz CT molecular complexity index is 974. The molecule has 1 atom stereocenters. The van der Waals surface area contributed by atoms with E-state index in [2.05, 4.69) is 48.4 Å². The third-order valence-electron chi connectivity index (χ3n) is 4.99. The number of hydrogen-bond donors (Lipinski definition) is 3. The monoisotopic (exact) mass is 471 g/mol. The van der Waals surface area contributed by atoms with Crippen LogP contribution in [-0.4, -0.2) is 29.9 Å². The summed E-state index contributed by atoms with van der Waals surface area (Å²) in [4.78, 5) is 8.95. The van der Waals surface area contributed by atoms with Gasteiger partial charge in [-0.3, -0.25) is 0 Å². The molecule has 158 valence electrons. The summed E-state index contributed by atoms with van der Waals surface area (Å²) in [6.07, 6.45) is 6.81. The molecule has 1 unspecified atom stereocenters. The van der Waals surface area contributed by atoms with Crippen molar-refractivity contribution >= 4 is 27.7 Å². The fraction of sp³-hybridized carbons (Fsp3) is 0.364. The number of ether oxygens (including phenoxy) is 2. The Hall–Kier alpha value is -2.74. The number of fused-ring (bicyclic) bond motifs is 1. The largest absolute Gasteiger partial charge is 0.451 e. The molecule has 0 spiro atoms. The Morgan fingerprint density at radius 2 is 2.10 bits per heavy atom. The van der Waals surface area contributed by atoms with Crippen LogP contribution in [0.3, 0.4) is 0 Å². The predicted molar refractivity (Wildman–Crippen MR) is 122 cm³/mol. The van der Waals surface area contributed by atoms with E-state index in [0.29, 0.717) is 24.2 Å². The van der Waals surface area contributed by atoms with Crippen molar-refractivity contribution in [3.8, 4) is 11.5 Å². The Kier molecular flexibility index (Phi) is 6.13. The third-order valence-corrected chi connectivity index (χ3v) is 5.57. The molecule has 1 saturated carbocycles. The molecule has 2 aromatic rings. The van der Waals surface area contributed by atoms with Gasteiger partial charge in [-0.2, -0.15) is 4.98 Å². The number of anilines is 2. The standard InChI is InChI=1S/C22H26BrN5O2/c1-13(16-5-6-16)10-20(24-3)27-21-17(23)12-26-22(28-21)25-9-8-15-4-7-18-19(11-15)30-14(2)29-18/h4,7,10-12,14,16,24H,1,5-6,8-9H2,2-3H3,(H2,25,26,27,28)/b20-10+. The first-order valence-corrected chi connectivity index (χ1v) is 10.9. The Morgan fingerprint density at radius 1 is 1.30 bits per heavy atom. The van der Waals surface area contributed by atoms with Crippen LogP contribution >= 0.6 is 15.9 Å². The van der Waals surface area contributed by atoms with E-state index in [1.54, 1.807) is 6.20 Å². The van der Waals surface area contributed by atoms with E-state index < -0.39 is 0 Å². The second-order valence-corrected chi connectivity index (χ2v) is 8.29. The smallest absolute Gasteiger partial charge is 0.238 e. The summed E-state index contributed by atoms with van der Waals surface area (Å²) in [5.41, 5.74) is 2.29. The molecule has 1 aromatic heterocycles. The first-order chi connectivity index (χ1) is 14.5. The number of allylic oxidation sites excluding steroid dienone is 2. The zero-order chi connectivity index (χ0) is 21.1. The minimum atomic E-state index is -0.228. The Labute approximate surface area is 185 Å². The van der Waals surface area contributed by atoms with Crippen LogP contribution in [0.15, 0.2) is 52.9 Å². The summed E-state index contributed by atoms with van der Waals surface area (Å²) in [6, 6.07) is 6.02. The fourth-order valence-electron chi connectivity index (χ4n) is 3.19. The average Bonchev–Trinajstić information content (AvgIpc) is 3.51. The van der Waals surface area contributed by atoms with Crippen molar-refractivity contribution in [2.45, 2.75) is 32.5 Å². The number of halogens is 1. The van der Waals surface area contributed by atoms with Gasteiger partial charge in [0.2, 0.25) is 12.2 Å². The number of nitrogens with one attached hydrogen (secondary N) is 3. The van der Waals surface area contributed by atoms with Crippen LogP contribution in [0.4, 0.5) is 11.8 Å². The summed E-state index contributed by atoms with van der Waals surface area (Å²) in [7, 11) is 1.87. The highest BCUT2D eigenvalue weighted by Gasteiger charge is 2.23. The van der Waals surface area contributed by atoms with Gasteiger partial charge < -0.3 is 25.4 Å². The number of aromatic nitrogens is 2. The normalized spacial score (nSPS) is 17.6. The number of rotatable bonds is 9. The number of benzene rings is 1. The molecule has 2 heterocycles. The summed E-state index contributed by atoms with van der Waals surface area (Å²) in [5, 5.41) is 9.76. The van der Waals surface area contributed by atoms with Crippen LogP contribution in [0, 0.1) is 5.92 Å². The van der Waals surface area contributed by atoms with Crippen molar-refractivity contribution < 1.29 is 9.47 Å². The van der Waals surface area contributed by atoms with Gasteiger partial charge in [-0.05, 0) is 70.5 Å². The highest BCUT2D eigenvalue weighted by molar-refractivity contribution is 9.10. The molecule has 7 nitrogen and oxygen atoms in total. The van der Waals surface area contributed by atoms with Crippen LogP contribution < -0.4 is 25.4 Å². The van der Waals surface area contributed by atoms with Gasteiger partial charge in [-0.25, -0.2) is 4.98 Å². The molecule has 1 aliphatic carbocycles. The van der Waals surface area contributed by atoms with Gasteiger partial charge in [0.1, 0.15) is 5.82 Å². The summed E-state index contributed by atoms with van der Waals surface area (Å²) >= 11 is 3.52. The minimum absolute atomic E-state index is 0.228. The van der Waals surface area contributed by atoms with E-state index >= 15 is 0 Å². The molecule has 0 saturated heterocycles. The lowest BCUT2D eigenvalue weighted by Crippen LogP contribution is -2.17. The maximum atomic E-state index is 5.64. The first kappa shape index (κ1) is 20.5. The molecule has 1 fully saturated rings. The van der Waals surface area contributed by atoms with E-state index in [4.69, 9.17) is 9.47 Å². The van der Waals surface area contributed by atoms with Crippen LogP contribution in [0.5, 0.6) is 11.5 Å². The van der Waals surface area contributed by atoms with Crippen molar-refractivity contribution in [2.75, 3.05) is 24.2 Å². The SMILES string of the molecule is C=C(/C=C(\NC)Nc1nc(NCCc2ccc3c(c2)OC(C)O3)ncc1Br)C1CC1. The second kappa shape index (κ2) is 8.95. The van der Waals surface area contributed by atoms with Gasteiger partial charge in [0.15, 0.2) is 17.3 Å². The Balaban J connectivity index is 1.36. The zero-order valence-electron chi connectivity index (χ0n) is 17.2. The van der Waals surface area contributed by atoms with Crippen molar-refractivity contribution in [1.82, 2.24) is 15.3 Å². The summed E-state index contributed by atoms with van der Waals surface area (Å²) in [5.74, 6) is 4.31. The minimum Gasteiger partial charge on any atom is -0.451 e. The maximum Gasteiger partial charge on any atom is 0.238 e. The third kappa shape index (κ3) is 5.05. The lowest BCUT2D eigenvalue weighted by molar-refractivity contribution is 0.0678. The molecular formula is C22H26BrN5O2. The molecule has 0 bridgehead atoms. The average molecular weight is 472 g/mol. The van der Waals surface area contributed by atoms with Crippen molar-refractivity contribution in [3.63, 3.8) is 0 Å². The number of nitrogens with zero attached hydrogens (tertiary/aromatic N) is 2. The molecule has 8 heteroatoms. The lowest BCUT2D eigenvalue weighted by Gasteiger charge is -2.13. The molecule has 1 aliphatic heterocycles. The zero-order valence-corrected chi connectivity index (χ0v) is 18.8. The Morgan fingerprint density at radius 3 is 2.87 bits per heavy atom. The van der Waals surface area contributed by atoms with Crippen molar-refractivity contribution in [1.29, 1.82) is 0 Å². The van der Waals surface area contributed by atoms with Crippen molar-refractivity contribution in [2.24, 2.45) is 5.92 Å². The van der Waals surface area contributed by atoms with Gasteiger partial charge in [0, 0.05) is 26.7 Å². The van der Waals surface area contributed by atoms with Gasteiger partial charge in [-0.15, -0.1) is 0 Å². The molecule has 4 rings (SSSR count). The molecule has 3 N–H and O–H groups in total.